The summed E-state index contributed by atoms with van der Waals surface area (Å²) < 4.78 is 14.2. The first-order valence-corrected chi connectivity index (χ1v) is 10.8. The van der Waals surface area contributed by atoms with Crippen molar-refractivity contribution < 1.29 is 14.0 Å². The summed E-state index contributed by atoms with van der Waals surface area (Å²) in [6.45, 7) is 5.83. The van der Waals surface area contributed by atoms with E-state index in [-0.39, 0.29) is 29.2 Å². The molecule has 2 heterocycles. The number of amides is 1. The molecule has 1 spiro atoms. The van der Waals surface area contributed by atoms with Crippen molar-refractivity contribution in [3.8, 4) is 6.07 Å². The molecule has 166 valence electrons. The van der Waals surface area contributed by atoms with Gasteiger partial charge >= 0.3 is 0 Å². The molecular weight excluding hydrogens is 419 g/mol. The third kappa shape index (κ3) is 2.77. The number of nitriles is 1. The van der Waals surface area contributed by atoms with Crippen molar-refractivity contribution in [1.82, 2.24) is 0 Å². The van der Waals surface area contributed by atoms with E-state index in [9.17, 15) is 19.2 Å². The summed E-state index contributed by atoms with van der Waals surface area (Å²) in [7, 11) is 0. The molecule has 0 bridgehead atoms. The van der Waals surface area contributed by atoms with Gasteiger partial charge in [0.1, 0.15) is 23.1 Å². The standard InChI is InChI=1S/C26H23FN4O2/c1-14-7-8-19-17(9-14)26(24(33)30-19)18(13-28)23(29)31(16-6-4-5-15(27)10-16)20-11-25(2,3)12-21(32)22(20)26/h4-10H,11-12,29H2,1-3H3,(H,30,33). The third-order valence-electron chi connectivity index (χ3n) is 6.72. The van der Waals surface area contributed by atoms with Crippen LogP contribution >= 0.6 is 0 Å². The number of carbonyl (C=O) groups is 2. The predicted molar refractivity (Wildman–Crippen MR) is 122 cm³/mol. The van der Waals surface area contributed by atoms with Crippen LogP contribution in [-0.2, 0) is 15.0 Å². The Bertz CT molecular complexity index is 1360. The highest BCUT2D eigenvalue weighted by Gasteiger charge is 2.61. The number of aryl methyl sites for hydroxylation is 1. The molecule has 7 heteroatoms. The van der Waals surface area contributed by atoms with Crippen molar-refractivity contribution in [2.24, 2.45) is 11.1 Å². The number of benzene rings is 2. The maximum absolute atomic E-state index is 14.2. The van der Waals surface area contributed by atoms with E-state index in [1.807, 2.05) is 32.9 Å². The smallest absolute Gasteiger partial charge is 0.245 e. The summed E-state index contributed by atoms with van der Waals surface area (Å²) >= 11 is 0. The maximum Gasteiger partial charge on any atom is 0.245 e. The van der Waals surface area contributed by atoms with Crippen LogP contribution in [0.25, 0.3) is 0 Å². The molecule has 1 atom stereocenters. The number of nitrogens with one attached hydrogen (secondary N) is 1. The zero-order valence-corrected chi connectivity index (χ0v) is 18.6. The van der Waals surface area contributed by atoms with Gasteiger partial charge in [0.05, 0.1) is 11.3 Å². The number of anilines is 2. The van der Waals surface area contributed by atoms with Crippen molar-refractivity contribution in [3.05, 3.63) is 82.1 Å². The quantitative estimate of drug-likeness (QED) is 0.690. The lowest BCUT2D eigenvalue weighted by Gasteiger charge is -2.46. The number of rotatable bonds is 1. The highest BCUT2D eigenvalue weighted by atomic mass is 19.1. The van der Waals surface area contributed by atoms with Gasteiger partial charge in [-0.3, -0.25) is 14.5 Å². The van der Waals surface area contributed by atoms with Crippen LogP contribution in [0.5, 0.6) is 0 Å². The Labute approximate surface area is 191 Å². The van der Waals surface area contributed by atoms with E-state index in [1.165, 1.54) is 12.1 Å². The Hall–Kier alpha value is -3.92. The molecule has 2 aromatic carbocycles. The van der Waals surface area contributed by atoms with E-state index in [1.54, 1.807) is 23.1 Å². The Balaban J connectivity index is 1.92. The predicted octanol–water partition coefficient (Wildman–Crippen LogP) is 4.18. The van der Waals surface area contributed by atoms with Crippen molar-refractivity contribution in [1.29, 1.82) is 5.26 Å². The monoisotopic (exact) mass is 442 g/mol. The van der Waals surface area contributed by atoms with Gasteiger partial charge in [-0.2, -0.15) is 5.26 Å². The molecule has 0 fully saturated rings. The number of allylic oxidation sites excluding steroid dienone is 1. The van der Waals surface area contributed by atoms with Gasteiger partial charge in [0.25, 0.3) is 0 Å². The number of nitrogens with zero attached hydrogens (tertiary/aromatic N) is 2. The van der Waals surface area contributed by atoms with Gasteiger partial charge in [0, 0.05) is 28.9 Å². The molecule has 5 rings (SSSR count). The molecule has 0 aromatic heterocycles. The molecule has 3 N–H and O–H groups in total. The molecule has 33 heavy (non-hydrogen) atoms. The lowest BCUT2D eigenvalue weighted by atomic mass is 9.60. The number of hydrogen-bond donors (Lipinski definition) is 2. The van der Waals surface area contributed by atoms with Crippen LogP contribution in [0, 0.1) is 29.5 Å². The maximum atomic E-state index is 14.2. The molecule has 0 radical (unpaired) electrons. The molecule has 6 nitrogen and oxygen atoms in total. The van der Waals surface area contributed by atoms with Crippen LogP contribution in [0.3, 0.4) is 0 Å². The Morgan fingerprint density at radius 3 is 2.61 bits per heavy atom. The van der Waals surface area contributed by atoms with Gasteiger partial charge in [-0.05, 0) is 43.0 Å². The minimum atomic E-state index is -1.63. The molecule has 1 aliphatic carbocycles. The lowest BCUT2D eigenvalue weighted by Crippen LogP contribution is -2.52. The normalized spacial score (nSPS) is 23.4. The van der Waals surface area contributed by atoms with Crippen LogP contribution in [0.4, 0.5) is 15.8 Å². The first-order chi connectivity index (χ1) is 15.6. The van der Waals surface area contributed by atoms with Crippen molar-refractivity contribution in [2.45, 2.75) is 39.0 Å². The molecule has 0 saturated carbocycles. The van der Waals surface area contributed by atoms with E-state index in [0.717, 1.165) is 5.56 Å². The SMILES string of the molecule is Cc1ccc2c(c1)C1(C(=O)N2)C(C#N)=C(N)N(c2cccc(F)c2)C2=C1C(=O)CC(C)(C)C2. The van der Waals surface area contributed by atoms with Gasteiger partial charge < -0.3 is 11.1 Å². The van der Waals surface area contributed by atoms with E-state index in [0.29, 0.717) is 29.1 Å². The van der Waals surface area contributed by atoms with Crippen LogP contribution < -0.4 is 16.0 Å². The fourth-order valence-electron chi connectivity index (χ4n) is 5.44. The Morgan fingerprint density at radius 1 is 1.15 bits per heavy atom. The van der Waals surface area contributed by atoms with Gasteiger partial charge in [0.2, 0.25) is 5.91 Å². The highest BCUT2D eigenvalue weighted by Crippen LogP contribution is 2.57. The van der Waals surface area contributed by atoms with Gasteiger partial charge in [-0.25, -0.2) is 4.39 Å². The van der Waals surface area contributed by atoms with Crippen LogP contribution in [-0.4, -0.2) is 11.7 Å². The molecule has 2 aliphatic heterocycles. The van der Waals surface area contributed by atoms with Gasteiger partial charge in [-0.15, -0.1) is 0 Å². The minimum Gasteiger partial charge on any atom is -0.384 e. The summed E-state index contributed by atoms with van der Waals surface area (Å²) in [4.78, 5) is 29.0. The van der Waals surface area contributed by atoms with Crippen molar-refractivity contribution >= 4 is 23.1 Å². The fourth-order valence-corrected chi connectivity index (χ4v) is 5.44. The summed E-state index contributed by atoms with van der Waals surface area (Å²) in [6, 6.07) is 13.4. The van der Waals surface area contributed by atoms with Crippen molar-refractivity contribution in [2.75, 3.05) is 10.2 Å². The molecule has 2 aromatic rings. The summed E-state index contributed by atoms with van der Waals surface area (Å²) in [6.07, 6.45) is 0.651. The second-order valence-corrected chi connectivity index (χ2v) is 9.70. The fraction of sp³-hybridized carbons (Fsp3) is 0.269. The molecule has 3 aliphatic rings. The number of hydrogen-bond acceptors (Lipinski definition) is 5. The minimum absolute atomic E-state index is 0.0249. The Kier molecular flexibility index (Phi) is 4.31. The second-order valence-electron chi connectivity index (χ2n) is 9.70. The zero-order valence-electron chi connectivity index (χ0n) is 18.6. The average Bonchev–Trinajstić information content (AvgIpc) is 2.99. The van der Waals surface area contributed by atoms with E-state index < -0.39 is 22.6 Å². The molecule has 1 unspecified atom stereocenters. The molecule has 1 amide bonds. The number of ketones is 1. The summed E-state index contributed by atoms with van der Waals surface area (Å²) in [5.74, 6) is -1.13. The zero-order chi connectivity index (χ0) is 23.7. The number of fused-ring (bicyclic) bond motifs is 3. The highest BCUT2D eigenvalue weighted by molar-refractivity contribution is 6.20. The van der Waals surface area contributed by atoms with Gasteiger partial charge in [0.15, 0.2) is 5.78 Å². The average molecular weight is 442 g/mol. The second kappa shape index (κ2) is 6.79. The number of Topliss-reactive ketones (excluding diaryl/α,β-unsaturated/α-hetero) is 1. The molecule has 0 saturated heterocycles. The first-order valence-electron chi connectivity index (χ1n) is 10.8. The van der Waals surface area contributed by atoms with Crippen LogP contribution in [0.2, 0.25) is 0 Å². The summed E-state index contributed by atoms with van der Waals surface area (Å²) in [5, 5.41) is 13.2. The van der Waals surface area contributed by atoms with Crippen LogP contribution in [0.1, 0.15) is 37.8 Å². The molecular formula is C26H23FN4O2. The lowest BCUT2D eigenvalue weighted by molar-refractivity contribution is -0.123. The van der Waals surface area contributed by atoms with E-state index >= 15 is 0 Å². The van der Waals surface area contributed by atoms with E-state index in [2.05, 4.69) is 11.4 Å². The summed E-state index contributed by atoms with van der Waals surface area (Å²) in [5.41, 5.74) is 7.70. The largest absolute Gasteiger partial charge is 0.384 e. The third-order valence-corrected chi connectivity index (χ3v) is 6.72. The van der Waals surface area contributed by atoms with Crippen LogP contribution in [0.15, 0.2) is 65.1 Å². The van der Waals surface area contributed by atoms with E-state index in [4.69, 9.17) is 5.73 Å². The number of halogens is 1. The topological polar surface area (TPSA) is 99.2 Å². The first kappa shape index (κ1) is 21.0. The van der Waals surface area contributed by atoms with Gasteiger partial charge in [-0.1, -0.05) is 37.6 Å². The van der Waals surface area contributed by atoms with Crippen molar-refractivity contribution in [3.63, 3.8) is 0 Å². The Morgan fingerprint density at radius 2 is 1.91 bits per heavy atom. The number of carbonyl (C=O) groups excluding carboxylic acids is 2. The number of nitrogens with two attached hydrogens (primary N) is 1.